The number of alkyl halides is 3. The van der Waals surface area contributed by atoms with Gasteiger partial charge in [-0.05, 0) is 43.2 Å². The molecule has 0 bridgehead atoms. The van der Waals surface area contributed by atoms with Crippen molar-refractivity contribution < 1.29 is 26.4 Å². The van der Waals surface area contributed by atoms with Gasteiger partial charge in [0, 0.05) is 87.7 Å². The molecule has 1 fully saturated rings. The number of nitrogens with one attached hydrogen (secondary N) is 1. The molecule has 45 heavy (non-hydrogen) atoms. The number of fused-ring (bicyclic) bond motifs is 2. The van der Waals surface area contributed by atoms with Crippen LogP contribution in [0.4, 0.5) is 24.7 Å². The monoisotopic (exact) mass is 642 g/mol. The van der Waals surface area contributed by atoms with Crippen molar-refractivity contribution in [3.63, 3.8) is 0 Å². The summed E-state index contributed by atoms with van der Waals surface area (Å²) < 4.78 is 70.6. The largest absolute Gasteiger partial charge is 0.435 e. The third-order valence-corrected chi connectivity index (χ3v) is 10.2. The highest BCUT2D eigenvalue weighted by atomic mass is 32.2. The van der Waals surface area contributed by atoms with Gasteiger partial charge in [0.25, 0.3) is 0 Å². The molecule has 4 heterocycles. The normalized spacial score (nSPS) is 17.1. The molecule has 2 aromatic heterocycles. The average molecular weight is 643 g/mol. The Hall–Kier alpha value is -4.08. The number of piperazine rings is 1. The number of hydrogen-bond acceptors (Lipinski definition) is 8. The van der Waals surface area contributed by atoms with Crippen LogP contribution in [0.1, 0.15) is 25.1 Å². The number of aryl methyl sites for hydroxylation is 1. The third kappa shape index (κ3) is 5.99. The molecule has 1 N–H and O–H groups in total. The smallest absolute Gasteiger partial charge is 0.366 e. The summed E-state index contributed by atoms with van der Waals surface area (Å²) in [5.74, 6) is 0.430. The first-order chi connectivity index (χ1) is 21.3. The molecule has 15 heteroatoms. The van der Waals surface area contributed by atoms with Gasteiger partial charge in [0.2, 0.25) is 15.9 Å². The molecule has 1 atom stereocenters. The number of sulfonamides is 1. The molecule has 0 aliphatic carbocycles. The van der Waals surface area contributed by atoms with Crippen LogP contribution in [0.5, 0.6) is 0 Å². The minimum atomic E-state index is -4.62. The zero-order valence-electron chi connectivity index (χ0n) is 25.0. The van der Waals surface area contributed by atoms with Gasteiger partial charge in [-0.3, -0.25) is 14.4 Å². The number of nitrogens with zero attached hydrogens (tertiary/aromatic N) is 7. The molecule has 2 aliphatic rings. The van der Waals surface area contributed by atoms with Gasteiger partial charge >= 0.3 is 6.18 Å². The van der Waals surface area contributed by atoms with E-state index < -0.39 is 21.9 Å². The molecule has 4 aromatic rings. The molecule has 11 nitrogen and oxygen atoms in total. The Kier molecular flexibility index (Phi) is 8.03. The van der Waals surface area contributed by atoms with Crippen LogP contribution in [-0.4, -0.2) is 88.6 Å². The number of carbonyl (C=O) groups is 1. The predicted octanol–water partition coefficient (Wildman–Crippen LogP) is 3.77. The number of halogens is 3. The molecule has 1 saturated heterocycles. The van der Waals surface area contributed by atoms with Gasteiger partial charge in [-0.15, -0.1) is 0 Å². The molecule has 2 aliphatic heterocycles. The van der Waals surface area contributed by atoms with E-state index in [0.29, 0.717) is 68.0 Å². The number of benzene rings is 2. The number of rotatable bonds is 7. The maximum absolute atomic E-state index is 13.7. The van der Waals surface area contributed by atoms with E-state index in [-0.39, 0.29) is 22.4 Å². The van der Waals surface area contributed by atoms with Gasteiger partial charge in [-0.1, -0.05) is 12.1 Å². The SMILES string of the molecule is CC(=O)N1CCc2cc(S(=O)(=O)N3CCN(C[C@H](C)Nc4ncnc5c(-c6cn(C)nc6C(F)(F)F)cccc45)CC3)ccc21. The summed E-state index contributed by atoms with van der Waals surface area (Å²) >= 11 is 0. The Morgan fingerprint density at radius 2 is 1.80 bits per heavy atom. The minimum absolute atomic E-state index is 0.0564. The van der Waals surface area contributed by atoms with Gasteiger partial charge in [0.1, 0.15) is 12.1 Å². The molecule has 0 saturated carbocycles. The fourth-order valence-corrected chi connectivity index (χ4v) is 7.62. The van der Waals surface area contributed by atoms with Gasteiger partial charge in [-0.2, -0.15) is 22.6 Å². The minimum Gasteiger partial charge on any atom is -0.366 e. The van der Waals surface area contributed by atoms with Crippen molar-refractivity contribution in [2.45, 2.75) is 37.4 Å². The first kappa shape index (κ1) is 30.9. The molecule has 0 spiro atoms. The van der Waals surface area contributed by atoms with Gasteiger partial charge in [0.05, 0.1) is 10.4 Å². The fourth-order valence-electron chi connectivity index (χ4n) is 6.15. The maximum atomic E-state index is 13.7. The molecular formula is C30H33F3N8O3S. The van der Waals surface area contributed by atoms with E-state index in [9.17, 15) is 26.4 Å². The first-order valence-corrected chi connectivity index (χ1v) is 16.0. The topological polar surface area (TPSA) is 117 Å². The van der Waals surface area contributed by atoms with E-state index in [0.717, 1.165) is 15.9 Å². The summed E-state index contributed by atoms with van der Waals surface area (Å²) in [5, 5.41) is 7.58. The highest BCUT2D eigenvalue weighted by Gasteiger charge is 2.38. The van der Waals surface area contributed by atoms with Crippen LogP contribution < -0.4 is 10.2 Å². The summed E-state index contributed by atoms with van der Waals surface area (Å²) in [5.41, 5.74) is 1.27. The molecular weight excluding hydrogens is 609 g/mol. The van der Waals surface area contributed by atoms with Crippen LogP contribution >= 0.6 is 0 Å². The van der Waals surface area contributed by atoms with E-state index in [4.69, 9.17) is 0 Å². The Balaban J connectivity index is 1.12. The number of amides is 1. The highest BCUT2D eigenvalue weighted by molar-refractivity contribution is 7.89. The molecule has 0 unspecified atom stereocenters. The predicted molar refractivity (Wildman–Crippen MR) is 163 cm³/mol. The average Bonchev–Trinajstić information content (AvgIpc) is 3.61. The second-order valence-electron chi connectivity index (χ2n) is 11.4. The van der Waals surface area contributed by atoms with Crippen LogP contribution in [0.25, 0.3) is 22.0 Å². The summed E-state index contributed by atoms with van der Waals surface area (Å²) in [6.07, 6.45) is -1.34. The number of hydrogen-bond donors (Lipinski definition) is 1. The lowest BCUT2D eigenvalue weighted by Crippen LogP contribution is -2.50. The van der Waals surface area contributed by atoms with E-state index in [1.807, 2.05) is 6.92 Å². The van der Waals surface area contributed by atoms with E-state index in [2.05, 4.69) is 25.3 Å². The third-order valence-electron chi connectivity index (χ3n) is 8.26. The van der Waals surface area contributed by atoms with Crippen molar-refractivity contribution in [1.29, 1.82) is 0 Å². The molecule has 2 aromatic carbocycles. The molecule has 0 radical (unpaired) electrons. The Labute approximate surface area is 258 Å². The van der Waals surface area contributed by atoms with Crippen molar-refractivity contribution in [2.75, 3.05) is 49.5 Å². The first-order valence-electron chi connectivity index (χ1n) is 14.6. The van der Waals surface area contributed by atoms with E-state index in [1.165, 1.54) is 30.8 Å². The van der Waals surface area contributed by atoms with Crippen molar-refractivity contribution in [1.82, 2.24) is 29.0 Å². The zero-order valence-corrected chi connectivity index (χ0v) is 25.9. The van der Waals surface area contributed by atoms with Crippen LogP contribution in [-0.2, 0) is 34.5 Å². The van der Waals surface area contributed by atoms with E-state index in [1.54, 1.807) is 41.3 Å². The lowest BCUT2D eigenvalue weighted by molar-refractivity contribution is -0.141. The lowest BCUT2D eigenvalue weighted by atomic mass is 10.0. The quantitative estimate of drug-likeness (QED) is 0.324. The van der Waals surface area contributed by atoms with Crippen molar-refractivity contribution >= 4 is 38.3 Å². The van der Waals surface area contributed by atoms with Gasteiger partial charge in [-0.25, -0.2) is 18.4 Å². The van der Waals surface area contributed by atoms with Crippen molar-refractivity contribution in [3.8, 4) is 11.1 Å². The summed E-state index contributed by atoms with van der Waals surface area (Å²) in [6, 6.07) is 9.88. The molecule has 6 rings (SSSR count). The Bertz CT molecular complexity index is 1870. The van der Waals surface area contributed by atoms with Crippen molar-refractivity contribution in [2.24, 2.45) is 7.05 Å². The van der Waals surface area contributed by atoms with Crippen LogP contribution in [0.15, 0.2) is 53.8 Å². The number of anilines is 2. The zero-order chi connectivity index (χ0) is 32.1. The van der Waals surface area contributed by atoms with Crippen LogP contribution in [0, 0.1) is 0 Å². The maximum Gasteiger partial charge on any atom is 0.435 e. The standard InChI is InChI=1S/C30H33F3N8O3S/c1-19(36-29-24-6-4-5-23(27(24)34-18-35-29)25-17-38(3)37-28(25)30(31,32)33)16-39-11-13-40(14-12-39)45(43,44)22-7-8-26-21(15-22)9-10-41(26)20(2)42/h4-8,15,17-19H,9-14,16H2,1-3H3,(H,34,35,36)/t19-/m0/s1. The Morgan fingerprint density at radius 3 is 2.51 bits per heavy atom. The second-order valence-corrected chi connectivity index (χ2v) is 13.4. The van der Waals surface area contributed by atoms with Crippen LogP contribution in [0.2, 0.25) is 0 Å². The fraction of sp³-hybridized carbons (Fsp3) is 0.400. The lowest BCUT2D eigenvalue weighted by Gasteiger charge is -2.35. The summed E-state index contributed by atoms with van der Waals surface area (Å²) in [7, 11) is -2.25. The highest BCUT2D eigenvalue weighted by Crippen LogP contribution is 2.39. The summed E-state index contributed by atoms with van der Waals surface area (Å²) in [6.45, 7) is 6.35. The molecule has 1 amide bonds. The van der Waals surface area contributed by atoms with Gasteiger partial charge < -0.3 is 10.2 Å². The van der Waals surface area contributed by atoms with Crippen molar-refractivity contribution in [3.05, 3.63) is 60.2 Å². The summed E-state index contributed by atoms with van der Waals surface area (Å²) in [4.78, 5) is 24.6. The second kappa shape index (κ2) is 11.7. The number of carbonyl (C=O) groups excluding carboxylic acids is 1. The van der Waals surface area contributed by atoms with E-state index >= 15 is 0 Å². The number of para-hydroxylation sites is 1. The molecule has 238 valence electrons. The number of aromatic nitrogens is 4. The Morgan fingerprint density at radius 1 is 1.04 bits per heavy atom. The van der Waals surface area contributed by atoms with Gasteiger partial charge in [0.15, 0.2) is 5.69 Å². The van der Waals surface area contributed by atoms with Crippen LogP contribution in [0.3, 0.4) is 0 Å².